The van der Waals surface area contributed by atoms with E-state index in [-0.39, 0.29) is 6.54 Å². The molecule has 136 valence electrons. The minimum Gasteiger partial charge on any atom is -0.242 e. The fourth-order valence-corrected chi connectivity index (χ4v) is 3.05. The first-order chi connectivity index (χ1) is 13.0. The first kappa shape index (κ1) is 17.5. The van der Waals surface area contributed by atoms with Crippen LogP contribution in [0.5, 0.6) is 0 Å². The zero-order valence-corrected chi connectivity index (χ0v) is 15.1. The molecule has 3 heterocycles. The smallest absolute Gasteiger partial charge is 0.182 e. The van der Waals surface area contributed by atoms with Crippen molar-refractivity contribution in [1.82, 2.24) is 24.7 Å². The standard InChI is InChI=1S/C19H14ClF2N5/c1-2-13-9-16(20)25-18(24-13)17-14-4-3-7-23-19(14)27(26-17)10-11-5-6-12(21)8-15(11)22/h3-9H,2,10H2,1H3. The van der Waals surface area contributed by atoms with Gasteiger partial charge in [0, 0.05) is 23.5 Å². The van der Waals surface area contributed by atoms with Gasteiger partial charge in [0.25, 0.3) is 0 Å². The quantitative estimate of drug-likeness (QED) is 0.488. The summed E-state index contributed by atoms with van der Waals surface area (Å²) in [4.78, 5) is 13.1. The topological polar surface area (TPSA) is 56.5 Å². The van der Waals surface area contributed by atoms with Gasteiger partial charge < -0.3 is 0 Å². The van der Waals surface area contributed by atoms with Gasteiger partial charge in [-0.05, 0) is 30.7 Å². The highest BCUT2D eigenvalue weighted by molar-refractivity contribution is 6.29. The maximum Gasteiger partial charge on any atom is 0.182 e. The van der Waals surface area contributed by atoms with Crippen LogP contribution in [0.15, 0.2) is 42.6 Å². The Hall–Kier alpha value is -2.93. The molecule has 5 nitrogen and oxygen atoms in total. The third-order valence-corrected chi connectivity index (χ3v) is 4.36. The maximum absolute atomic E-state index is 14.1. The van der Waals surface area contributed by atoms with E-state index >= 15 is 0 Å². The van der Waals surface area contributed by atoms with Gasteiger partial charge in [-0.3, -0.25) is 0 Å². The van der Waals surface area contributed by atoms with E-state index in [1.807, 2.05) is 13.0 Å². The van der Waals surface area contributed by atoms with Crippen LogP contribution in [0, 0.1) is 11.6 Å². The highest BCUT2D eigenvalue weighted by Gasteiger charge is 2.17. The Kier molecular flexibility index (Phi) is 4.53. The monoisotopic (exact) mass is 385 g/mol. The van der Waals surface area contributed by atoms with Gasteiger partial charge in [-0.1, -0.05) is 24.6 Å². The molecule has 1 aromatic carbocycles. The molecular formula is C19H14ClF2N5. The first-order valence-corrected chi connectivity index (χ1v) is 8.72. The molecule has 0 spiro atoms. The van der Waals surface area contributed by atoms with E-state index < -0.39 is 11.6 Å². The van der Waals surface area contributed by atoms with Crippen molar-refractivity contribution in [2.75, 3.05) is 0 Å². The van der Waals surface area contributed by atoms with Crippen LogP contribution >= 0.6 is 11.6 Å². The van der Waals surface area contributed by atoms with Gasteiger partial charge in [0.1, 0.15) is 22.5 Å². The average Bonchev–Trinajstić information content (AvgIpc) is 3.02. The first-order valence-electron chi connectivity index (χ1n) is 8.34. The fraction of sp³-hybridized carbons (Fsp3) is 0.158. The molecule has 0 atom stereocenters. The lowest BCUT2D eigenvalue weighted by Gasteiger charge is -2.05. The van der Waals surface area contributed by atoms with Crippen LogP contribution in [0.1, 0.15) is 18.2 Å². The normalized spacial score (nSPS) is 11.3. The second-order valence-electron chi connectivity index (χ2n) is 5.98. The van der Waals surface area contributed by atoms with Crippen LogP contribution in [0.3, 0.4) is 0 Å². The van der Waals surface area contributed by atoms with Gasteiger partial charge in [-0.25, -0.2) is 28.4 Å². The summed E-state index contributed by atoms with van der Waals surface area (Å²) in [5.41, 5.74) is 2.16. The van der Waals surface area contributed by atoms with Crippen molar-refractivity contribution >= 4 is 22.6 Å². The van der Waals surface area contributed by atoms with Crippen molar-refractivity contribution in [3.63, 3.8) is 0 Å². The van der Waals surface area contributed by atoms with Crippen molar-refractivity contribution in [1.29, 1.82) is 0 Å². The highest BCUT2D eigenvalue weighted by atomic mass is 35.5. The summed E-state index contributed by atoms with van der Waals surface area (Å²) >= 11 is 6.12. The number of aromatic nitrogens is 5. The Labute approximate surface area is 158 Å². The van der Waals surface area contributed by atoms with Crippen molar-refractivity contribution in [3.05, 3.63) is 70.6 Å². The van der Waals surface area contributed by atoms with E-state index in [1.54, 1.807) is 23.0 Å². The minimum absolute atomic E-state index is 0.0980. The summed E-state index contributed by atoms with van der Waals surface area (Å²) in [7, 11) is 0. The zero-order valence-electron chi connectivity index (χ0n) is 14.3. The van der Waals surface area contributed by atoms with Crippen LogP contribution < -0.4 is 0 Å². The van der Waals surface area contributed by atoms with Crippen molar-refractivity contribution < 1.29 is 8.78 Å². The molecule has 0 aliphatic heterocycles. The summed E-state index contributed by atoms with van der Waals surface area (Å²) in [6.07, 6.45) is 2.33. The number of aryl methyl sites for hydroxylation is 1. The Morgan fingerprint density at radius 1 is 1.11 bits per heavy atom. The van der Waals surface area contributed by atoms with Gasteiger partial charge in [0.05, 0.1) is 11.9 Å². The molecule has 8 heteroatoms. The molecule has 0 aliphatic carbocycles. The largest absolute Gasteiger partial charge is 0.242 e. The molecule has 3 aromatic heterocycles. The lowest BCUT2D eigenvalue weighted by Crippen LogP contribution is -2.05. The van der Waals surface area contributed by atoms with E-state index in [1.165, 1.54) is 12.1 Å². The van der Waals surface area contributed by atoms with Gasteiger partial charge >= 0.3 is 0 Å². The number of nitrogens with zero attached hydrogens (tertiary/aromatic N) is 5. The second-order valence-corrected chi connectivity index (χ2v) is 6.36. The molecule has 27 heavy (non-hydrogen) atoms. The number of halogens is 3. The Bertz CT molecular complexity index is 1140. The lowest BCUT2D eigenvalue weighted by atomic mass is 10.2. The van der Waals surface area contributed by atoms with Gasteiger partial charge in [-0.2, -0.15) is 5.10 Å². The van der Waals surface area contributed by atoms with Crippen LogP contribution in [0.4, 0.5) is 8.78 Å². The number of rotatable bonds is 4. The van der Waals surface area contributed by atoms with Gasteiger partial charge in [0.2, 0.25) is 0 Å². The van der Waals surface area contributed by atoms with Gasteiger partial charge in [0.15, 0.2) is 11.5 Å². The molecule has 0 unspecified atom stereocenters. The Morgan fingerprint density at radius 3 is 2.74 bits per heavy atom. The molecule has 4 aromatic rings. The van der Waals surface area contributed by atoms with Crippen molar-refractivity contribution in [2.45, 2.75) is 19.9 Å². The zero-order chi connectivity index (χ0) is 19.0. The van der Waals surface area contributed by atoms with Crippen molar-refractivity contribution in [3.8, 4) is 11.5 Å². The molecule has 4 rings (SSSR count). The predicted molar refractivity (Wildman–Crippen MR) is 98.4 cm³/mol. The number of pyridine rings is 1. The van der Waals surface area contributed by atoms with Crippen LogP contribution in [0.25, 0.3) is 22.6 Å². The molecule has 0 saturated heterocycles. The SMILES string of the molecule is CCc1cc(Cl)nc(-c2nn(Cc3ccc(F)cc3F)c3ncccc23)n1. The maximum atomic E-state index is 14.1. The predicted octanol–water partition coefficient (Wildman–Crippen LogP) is 4.43. The average molecular weight is 386 g/mol. The van der Waals surface area contributed by atoms with Crippen LogP contribution in [-0.2, 0) is 13.0 Å². The summed E-state index contributed by atoms with van der Waals surface area (Å²) in [6, 6.07) is 8.79. The Morgan fingerprint density at radius 2 is 1.96 bits per heavy atom. The minimum atomic E-state index is -0.636. The molecule has 0 amide bonds. The molecule has 0 radical (unpaired) electrons. The van der Waals surface area contributed by atoms with E-state index in [0.717, 1.165) is 17.1 Å². The number of fused-ring (bicyclic) bond motifs is 1. The fourth-order valence-electron chi connectivity index (χ4n) is 2.85. The third kappa shape index (κ3) is 3.38. The van der Waals surface area contributed by atoms with E-state index in [2.05, 4.69) is 20.1 Å². The third-order valence-electron chi connectivity index (χ3n) is 4.16. The van der Waals surface area contributed by atoms with E-state index in [4.69, 9.17) is 11.6 Å². The number of benzene rings is 1. The molecule has 0 aliphatic rings. The second kappa shape index (κ2) is 7.00. The summed E-state index contributed by atoms with van der Waals surface area (Å²) in [5.74, 6) is -0.876. The lowest BCUT2D eigenvalue weighted by molar-refractivity contribution is 0.561. The molecule has 0 bridgehead atoms. The molecule has 0 fully saturated rings. The molecular weight excluding hydrogens is 372 g/mol. The van der Waals surface area contributed by atoms with E-state index in [0.29, 0.717) is 34.3 Å². The van der Waals surface area contributed by atoms with Crippen molar-refractivity contribution in [2.24, 2.45) is 0 Å². The number of hydrogen-bond donors (Lipinski definition) is 0. The summed E-state index contributed by atoms with van der Waals surface area (Å²) in [5, 5.41) is 5.60. The number of hydrogen-bond acceptors (Lipinski definition) is 4. The summed E-state index contributed by atoms with van der Waals surface area (Å²) in [6.45, 7) is 2.07. The summed E-state index contributed by atoms with van der Waals surface area (Å²) < 4.78 is 28.8. The van der Waals surface area contributed by atoms with Crippen LogP contribution in [-0.4, -0.2) is 24.7 Å². The molecule has 0 saturated carbocycles. The van der Waals surface area contributed by atoms with Gasteiger partial charge in [-0.15, -0.1) is 0 Å². The molecule has 0 N–H and O–H groups in total. The van der Waals surface area contributed by atoms with E-state index in [9.17, 15) is 8.78 Å². The highest BCUT2D eigenvalue weighted by Crippen LogP contribution is 2.26. The van der Waals surface area contributed by atoms with Crippen LogP contribution in [0.2, 0.25) is 5.15 Å². The Balaban J connectivity index is 1.85.